The lowest BCUT2D eigenvalue weighted by atomic mass is 10.2. The second-order valence-electron chi connectivity index (χ2n) is 5.25. The van der Waals surface area contributed by atoms with Crippen molar-refractivity contribution in [3.63, 3.8) is 0 Å². The van der Waals surface area contributed by atoms with Crippen LogP contribution in [0.25, 0.3) is 10.2 Å². The van der Waals surface area contributed by atoms with E-state index in [1.807, 2.05) is 24.8 Å². The fourth-order valence-corrected chi connectivity index (χ4v) is 5.05. The Morgan fingerprint density at radius 3 is 2.90 bits per heavy atom. The predicted molar refractivity (Wildman–Crippen MR) is 85.4 cm³/mol. The van der Waals surface area contributed by atoms with E-state index in [0.717, 1.165) is 20.9 Å². The summed E-state index contributed by atoms with van der Waals surface area (Å²) in [4.78, 5) is 12.8. The van der Waals surface area contributed by atoms with Crippen molar-refractivity contribution in [2.75, 3.05) is 28.4 Å². The maximum Gasteiger partial charge on any atom is 0.240 e. The van der Waals surface area contributed by atoms with Crippen LogP contribution in [0.2, 0.25) is 0 Å². The van der Waals surface area contributed by atoms with E-state index in [1.165, 1.54) is 0 Å². The van der Waals surface area contributed by atoms with E-state index in [2.05, 4.69) is 15.4 Å². The number of thiophene rings is 1. The van der Waals surface area contributed by atoms with Gasteiger partial charge in [-0.25, -0.2) is 19.2 Å². The number of aryl methyl sites for hydroxylation is 1. The van der Waals surface area contributed by atoms with Gasteiger partial charge in [0.05, 0.1) is 16.9 Å². The third-order valence-electron chi connectivity index (χ3n) is 3.57. The van der Waals surface area contributed by atoms with Crippen molar-refractivity contribution in [2.45, 2.75) is 19.9 Å². The number of hydrogen-bond donors (Lipinski definition) is 2. The highest BCUT2D eigenvalue weighted by Crippen LogP contribution is 2.33. The highest BCUT2D eigenvalue weighted by molar-refractivity contribution is 7.91. The Hall–Kier alpha value is -1.45. The van der Waals surface area contributed by atoms with Crippen LogP contribution in [0, 0.1) is 6.92 Å². The molecule has 9 heteroatoms. The number of rotatable bonds is 2. The van der Waals surface area contributed by atoms with Crippen LogP contribution in [0.1, 0.15) is 11.8 Å². The van der Waals surface area contributed by atoms with E-state index in [9.17, 15) is 8.42 Å². The molecule has 3 N–H and O–H groups in total. The van der Waals surface area contributed by atoms with Gasteiger partial charge in [0.1, 0.15) is 10.6 Å². The second kappa shape index (κ2) is 5.08. The van der Waals surface area contributed by atoms with Crippen molar-refractivity contribution in [3.8, 4) is 0 Å². The first-order chi connectivity index (χ1) is 9.89. The quantitative estimate of drug-likeness (QED) is 0.624. The summed E-state index contributed by atoms with van der Waals surface area (Å²) >= 11 is 1.57. The monoisotopic (exact) mass is 327 g/mol. The van der Waals surface area contributed by atoms with E-state index in [0.29, 0.717) is 12.5 Å². The van der Waals surface area contributed by atoms with Gasteiger partial charge in [-0.1, -0.05) is 0 Å². The minimum absolute atomic E-state index is 0.118. The van der Waals surface area contributed by atoms with Crippen molar-refractivity contribution in [1.29, 1.82) is 0 Å². The molecule has 0 saturated carbocycles. The molecular formula is C12H17N5O2S2. The maximum atomic E-state index is 11.7. The zero-order valence-electron chi connectivity index (χ0n) is 11.8. The standard InChI is InChI=1S/C12H17N5O2S2/c1-7-6-21(18,19)4-3-17(7)10-9-5-8(2)20-11(9)15-12(14-10)16-13/h5,7H,3-4,6,13H2,1-2H3,(H,14,15,16). The van der Waals surface area contributed by atoms with Crippen molar-refractivity contribution in [2.24, 2.45) is 5.84 Å². The van der Waals surface area contributed by atoms with E-state index >= 15 is 0 Å². The van der Waals surface area contributed by atoms with E-state index in [-0.39, 0.29) is 17.5 Å². The van der Waals surface area contributed by atoms with Crippen LogP contribution in [0.4, 0.5) is 11.8 Å². The fourth-order valence-electron chi connectivity index (χ4n) is 2.62. The smallest absolute Gasteiger partial charge is 0.240 e. The Labute approximate surface area is 127 Å². The first-order valence-corrected chi connectivity index (χ1v) is 9.25. The van der Waals surface area contributed by atoms with Gasteiger partial charge in [-0.05, 0) is 19.9 Å². The summed E-state index contributed by atoms with van der Waals surface area (Å²) in [7, 11) is -2.96. The van der Waals surface area contributed by atoms with Gasteiger partial charge in [-0.3, -0.25) is 5.43 Å². The molecule has 3 rings (SSSR count). The number of hydrogen-bond acceptors (Lipinski definition) is 8. The lowest BCUT2D eigenvalue weighted by molar-refractivity contribution is 0.567. The van der Waals surface area contributed by atoms with Gasteiger partial charge in [0.15, 0.2) is 9.84 Å². The number of nitrogens with zero attached hydrogens (tertiary/aromatic N) is 3. The second-order valence-corrected chi connectivity index (χ2v) is 8.71. The Bertz CT molecular complexity index is 786. The van der Waals surface area contributed by atoms with Crippen LogP contribution in [0.15, 0.2) is 6.07 Å². The summed E-state index contributed by atoms with van der Waals surface area (Å²) in [5, 5.41) is 0.947. The van der Waals surface area contributed by atoms with Crippen LogP contribution in [-0.2, 0) is 9.84 Å². The fraction of sp³-hybridized carbons (Fsp3) is 0.500. The van der Waals surface area contributed by atoms with Gasteiger partial charge < -0.3 is 4.90 Å². The highest BCUT2D eigenvalue weighted by Gasteiger charge is 2.30. The number of nitrogens with two attached hydrogens (primary N) is 1. The Morgan fingerprint density at radius 1 is 1.48 bits per heavy atom. The number of sulfone groups is 1. The number of hydrazine groups is 1. The molecule has 114 valence electrons. The molecule has 1 aliphatic heterocycles. The summed E-state index contributed by atoms with van der Waals surface area (Å²) < 4.78 is 23.5. The van der Waals surface area contributed by atoms with Crippen LogP contribution < -0.4 is 16.2 Å². The molecule has 1 unspecified atom stereocenters. The number of nitrogens with one attached hydrogen (secondary N) is 1. The maximum absolute atomic E-state index is 11.7. The molecule has 0 amide bonds. The van der Waals surface area contributed by atoms with Gasteiger partial charge in [0, 0.05) is 17.5 Å². The van der Waals surface area contributed by atoms with Crippen molar-refractivity contribution in [1.82, 2.24) is 9.97 Å². The largest absolute Gasteiger partial charge is 0.351 e. The number of anilines is 2. The van der Waals surface area contributed by atoms with E-state index in [1.54, 1.807) is 11.3 Å². The van der Waals surface area contributed by atoms with Gasteiger partial charge in [0.25, 0.3) is 0 Å². The highest BCUT2D eigenvalue weighted by atomic mass is 32.2. The van der Waals surface area contributed by atoms with Crippen molar-refractivity contribution in [3.05, 3.63) is 10.9 Å². The number of fused-ring (bicyclic) bond motifs is 1. The number of aromatic nitrogens is 2. The predicted octanol–water partition coefficient (Wildman–Crippen LogP) is 0.909. The summed E-state index contributed by atoms with van der Waals surface area (Å²) in [5.41, 5.74) is 2.48. The average molecular weight is 327 g/mol. The molecule has 0 aliphatic carbocycles. The van der Waals surface area contributed by atoms with Crippen molar-refractivity contribution < 1.29 is 8.42 Å². The molecule has 2 aromatic heterocycles. The van der Waals surface area contributed by atoms with Gasteiger partial charge >= 0.3 is 0 Å². The topological polar surface area (TPSA) is 101 Å². The SMILES string of the molecule is Cc1cc2c(N3CCS(=O)(=O)CC3C)nc(NN)nc2s1. The van der Waals surface area contributed by atoms with Gasteiger partial charge in [0.2, 0.25) is 5.95 Å². The minimum atomic E-state index is -2.96. The molecule has 1 atom stereocenters. The molecular weight excluding hydrogens is 310 g/mol. The Balaban J connectivity index is 2.11. The third kappa shape index (κ3) is 2.68. The molecule has 7 nitrogen and oxygen atoms in total. The lowest BCUT2D eigenvalue weighted by Crippen LogP contribution is -2.47. The van der Waals surface area contributed by atoms with Crippen LogP contribution in [0.5, 0.6) is 0 Å². The van der Waals surface area contributed by atoms with Crippen LogP contribution >= 0.6 is 11.3 Å². The average Bonchev–Trinajstić information content (AvgIpc) is 2.77. The van der Waals surface area contributed by atoms with Crippen LogP contribution in [0.3, 0.4) is 0 Å². The molecule has 21 heavy (non-hydrogen) atoms. The Morgan fingerprint density at radius 2 is 2.24 bits per heavy atom. The zero-order valence-corrected chi connectivity index (χ0v) is 13.5. The molecule has 1 fully saturated rings. The minimum Gasteiger partial charge on any atom is -0.351 e. The van der Waals surface area contributed by atoms with Gasteiger partial charge in [-0.15, -0.1) is 11.3 Å². The van der Waals surface area contributed by atoms with E-state index in [4.69, 9.17) is 5.84 Å². The Kier molecular flexibility index (Phi) is 3.50. The molecule has 0 bridgehead atoms. The summed E-state index contributed by atoms with van der Waals surface area (Å²) in [6, 6.07) is 1.92. The molecule has 2 aromatic rings. The normalized spacial score (nSPS) is 21.7. The lowest BCUT2D eigenvalue weighted by Gasteiger charge is -2.34. The first-order valence-electron chi connectivity index (χ1n) is 6.61. The third-order valence-corrected chi connectivity index (χ3v) is 6.31. The molecule has 0 aromatic carbocycles. The number of nitrogen functional groups attached to an aromatic ring is 1. The van der Waals surface area contributed by atoms with Gasteiger partial charge in [-0.2, -0.15) is 4.98 Å². The van der Waals surface area contributed by atoms with E-state index < -0.39 is 9.84 Å². The summed E-state index contributed by atoms with van der Waals surface area (Å²) in [6.45, 7) is 4.35. The molecule has 0 radical (unpaired) electrons. The molecule has 3 heterocycles. The molecule has 1 aliphatic rings. The summed E-state index contributed by atoms with van der Waals surface area (Å²) in [6.07, 6.45) is 0. The summed E-state index contributed by atoms with van der Waals surface area (Å²) in [5.74, 6) is 6.83. The zero-order chi connectivity index (χ0) is 15.2. The first kappa shape index (κ1) is 14.5. The van der Waals surface area contributed by atoms with Crippen molar-refractivity contribution >= 4 is 43.2 Å². The molecule has 1 saturated heterocycles. The van der Waals surface area contributed by atoms with Crippen LogP contribution in [-0.4, -0.2) is 42.5 Å². The molecule has 0 spiro atoms.